The SMILES string of the molecule is C=C(C)[C@]12C[C@@H](C)[C@@]34OC5(CCCCCCCC[C@H]6[C@H](C)C(=O)[C@@](O)([C@H](O)[C@@]7(CO)O[C@H]7[C@H]3[C@H]1O5)[C@@H]64)O2. The van der Waals surface area contributed by atoms with Crippen LogP contribution in [-0.2, 0) is 23.7 Å². The number of epoxide rings is 1. The molecule has 8 heteroatoms. The van der Waals surface area contributed by atoms with E-state index < -0.39 is 71.0 Å². The number of aliphatic hydroxyl groups excluding tert-OH is 2. The Kier molecular flexibility index (Phi) is 5.20. The molecule has 3 bridgehead atoms. The summed E-state index contributed by atoms with van der Waals surface area (Å²) in [4.78, 5) is 14.0. The normalized spacial score (nSPS) is 60.1. The highest BCUT2D eigenvalue weighted by molar-refractivity contribution is 5.93. The van der Waals surface area contributed by atoms with Crippen molar-refractivity contribution in [2.75, 3.05) is 6.61 Å². The van der Waals surface area contributed by atoms with Gasteiger partial charge in [-0.3, -0.25) is 4.79 Å². The van der Waals surface area contributed by atoms with Crippen LogP contribution in [0.25, 0.3) is 0 Å². The molecule has 7 rings (SSSR count). The molecule has 1 unspecified atom stereocenters. The summed E-state index contributed by atoms with van der Waals surface area (Å²) in [6, 6.07) is 0. The maximum absolute atomic E-state index is 14.0. The van der Waals surface area contributed by atoms with Crippen molar-refractivity contribution in [1.29, 1.82) is 0 Å². The Bertz CT molecular complexity index is 1030. The van der Waals surface area contributed by atoms with Crippen LogP contribution < -0.4 is 0 Å². The number of hydrogen-bond donors (Lipinski definition) is 3. The molecule has 206 valence electrons. The number of carbonyl (C=O) groups excluding carboxylic acids is 1. The minimum Gasteiger partial charge on any atom is -0.393 e. The lowest BCUT2D eigenvalue weighted by atomic mass is 9.52. The number of Topliss-reactive ketones (excluding diaryl/α,β-unsaturated/α-hetero) is 1. The molecule has 4 aliphatic heterocycles. The third-order valence-electron chi connectivity index (χ3n) is 11.7. The van der Waals surface area contributed by atoms with E-state index in [1.807, 2.05) is 13.8 Å². The van der Waals surface area contributed by atoms with Crippen LogP contribution in [0.2, 0.25) is 0 Å². The first-order chi connectivity index (χ1) is 17.5. The summed E-state index contributed by atoms with van der Waals surface area (Å²) in [5, 5.41) is 34.9. The summed E-state index contributed by atoms with van der Waals surface area (Å²) in [6.45, 7) is 9.81. The van der Waals surface area contributed by atoms with Gasteiger partial charge in [0.1, 0.15) is 29.5 Å². The monoisotopic (exact) mass is 518 g/mol. The van der Waals surface area contributed by atoms with E-state index in [2.05, 4.69) is 13.5 Å². The molecule has 0 aromatic carbocycles. The van der Waals surface area contributed by atoms with Crippen molar-refractivity contribution in [2.24, 2.45) is 29.6 Å². The first-order valence-electron chi connectivity index (χ1n) is 14.5. The molecule has 7 aliphatic rings. The zero-order valence-corrected chi connectivity index (χ0v) is 22.3. The standard InChI is InChI=1S/C29H42O8/c1-15(2)25-13-16(3)29-19-22(25)35-27(36-25,37-29)12-10-8-6-5-7-9-11-18-17(4)21(31)28(33,20(18)29)24(32)26(14-30)23(19)34-26/h16-20,22-24,30,32-33H,1,5-14H2,2-4H3/t16-,17+,18+,19-,20-,22-,23+,24-,25-,26+,27?,28-,29-/m1/s1. The first kappa shape index (κ1) is 25.1. The van der Waals surface area contributed by atoms with Gasteiger partial charge in [0, 0.05) is 24.2 Å². The summed E-state index contributed by atoms with van der Waals surface area (Å²) < 4.78 is 27.0. The lowest BCUT2D eigenvalue weighted by Crippen LogP contribution is -2.73. The molecular weight excluding hydrogens is 476 g/mol. The van der Waals surface area contributed by atoms with Crippen molar-refractivity contribution < 1.29 is 39.1 Å². The van der Waals surface area contributed by atoms with Crippen LogP contribution in [0.5, 0.6) is 0 Å². The Morgan fingerprint density at radius 1 is 1.05 bits per heavy atom. The Balaban J connectivity index is 1.50. The molecule has 3 aliphatic carbocycles. The highest BCUT2D eigenvalue weighted by Gasteiger charge is 2.89. The van der Waals surface area contributed by atoms with E-state index >= 15 is 0 Å². The number of fused-ring (bicyclic) bond motifs is 1. The van der Waals surface area contributed by atoms with Crippen molar-refractivity contribution >= 4 is 5.78 Å². The predicted molar refractivity (Wildman–Crippen MR) is 131 cm³/mol. The Morgan fingerprint density at radius 2 is 1.76 bits per heavy atom. The largest absolute Gasteiger partial charge is 0.393 e. The number of carbonyl (C=O) groups is 1. The fraction of sp³-hybridized carbons (Fsp3) is 0.897. The smallest absolute Gasteiger partial charge is 0.284 e. The Hall–Kier alpha value is -0.870. The lowest BCUT2D eigenvalue weighted by molar-refractivity contribution is -0.436. The fourth-order valence-corrected chi connectivity index (χ4v) is 10.0. The number of aliphatic hydroxyl groups is 3. The van der Waals surface area contributed by atoms with Crippen molar-refractivity contribution in [3.8, 4) is 0 Å². The van der Waals surface area contributed by atoms with Gasteiger partial charge < -0.3 is 34.3 Å². The number of rotatable bonds is 2. The molecule has 4 heterocycles. The molecule has 3 N–H and O–H groups in total. The molecule has 13 atom stereocenters. The second-order valence-electron chi connectivity index (χ2n) is 13.4. The highest BCUT2D eigenvalue weighted by Crippen LogP contribution is 2.74. The number of ketones is 1. The van der Waals surface area contributed by atoms with Gasteiger partial charge in [-0.05, 0) is 43.6 Å². The average Bonchev–Trinajstić information content (AvgIpc) is 3.51. The highest BCUT2D eigenvalue weighted by atomic mass is 16.9. The van der Waals surface area contributed by atoms with Gasteiger partial charge in [-0.25, -0.2) is 0 Å². The molecule has 37 heavy (non-hydrogen) atoms. The van der Waals surface area contributed by atoms with Crippen LogP contribution in [0.1, 0.15) is 78.6 Å². The second kappa shape index (κ2) is 7.65. The second-order valence-corrected chi connectivity index (χ2v) is 13.4. The van der Waals surface area contributed by atoms with Crippen LogP contribution in [0.3, 0.4) is 0 Å². The van der Waals surface area contributed by atoms with E-state index in [1.54, 1.807) is 0 Å². The van der Waals surface area contributed by atoms with Gasteiger partial charge in [0.05, 0.1) is 12.2 Å². The molecule has 7 fully saturated rings. The third kappa shape index (κ3) is 2.72. The van der Waals surface area contributed by atoms with Crippen LogP contribution >= 0.6 is 0 Å². The topological polar surface area (TPSA) is 118 Å². The number of ether oxygens (including phenoxy) is 4. The van der Waals surface area contributed by atoms with E-state index in [9.17, 15) is 20.1 Å². The molecule has 0 amide bonds. The molecule has 3 saturated carbocycles. The first-order valence-corrected chi connectivity index (χ1v) is 14.5. The molecule has 0 radical (unpaired) electrons. The summed E-state index contributed by atoms with van der Waals surface area (Å²) in [5.41, 5.74) is -4.50. The van der Waals surface area contributed by atoms with Crippen LogP contribution in [-0.4, -0.2) is 74.4 Å². The van der Waals surface area contributed by atoms with Crippen molar-refractivity contribution in [2.45, 2.75) is 125 Å². The van der Waals surface area contributed by atoms with E-state index in [-0.39, 0.29) is 17.6 Å². The third-order valence-corrected chi connectivity index (χ3v) is 11.7. The molecule has 0 aromatic rings. The summed E-state index contributed by atoms with van der Waals surface area (Å²) in [7, 11) is 0. The summed E-state index contributed by atoms with van der Waals surface area (Å²) in [6.07, 6.45) is 5.47. The van der Waals surface area contributed by atoms with Gasteiger partial charge in [-0.15, -0.1) is 0 Å². The molecule has 8 nitrogen and oxygen atoms in total. The van der Waals surface area contributed by atoms with E-state index in [0.717, 1.165) is 50.5 Å². The van der Waals surface area contributed by atoms with Gasteiger partial charge >= 0.3 is 0 Å². The van der Waals surface area contributed by atoms with Crippen LogP contribution in [0.4, 0.5) is 0 Å². The minimum atomic E-state index is -2.09. The zero-order valence-electron chi connectivity index (χ0n) is 22.3. The van der Waals surface area contributed by atoms with Gasteiger partial charge in [0.25, 0.3) is 5.97 Å². The van der Waals surface area contributed by atoms with Crippen molar-refractivity contribution in [1.82, 2.24) is 0 Å². The quantitative estimate of drug-likeness (QED) is 0.377. The molecule has 2 spiro atoms. The number of hydrogen-bond acceptors (Lipinski definition) is 8. The molecular formula is C29H42O8. The molecule has 0 aromatic heterocycles. The van der Waals surface area contributed by atoms with Gasteiger partial charge in [0.2, 0.25) is 0 Å². The Labute approximate surface area is 218 Å². The van der Waals surface area contributed by atoms with Crippen LogP contribution in [0, 0.1) is 29.6 Å². The van der Waals surface area contributed by atoms with Crippen LogP contribution in [0.15, 0.2) is 12.2 Å². The van der Waals surface area contributed by atoms with Gasteiger partial charge in [-0.2, -0.15) is 0 Å². The maximum atomic E-state index is 14.0. The molecule has 4 saturated heterocycles. The lowest BCUT2D eigenvalue weighted by Gasteiger charge is -2.61. The fourth-order valence-electron chi connectivity index (χ4n) is 10.0. The van der Waals surface area contributed by atoms with Gasteiger partial charge in [-0.1, -0.05) is 52.5 Å². The predicted octanol–water partition coefficient (Wildman–Crippen LogP) is 2.62. The van der Waals surface area contributed by atoms with E-state index in [1.165, 1.54) is 0 Å². The maximum Gasteiger partial charge on any atom is 0.284 e. The van der Waals surface area contributed by atoms with Crippen molar-refractivity contribution in [3.05, 3.63) is 12.2 Å². The summed E-state index contributed by atoms with van der Waals surface area (Å²) >= 11 is 0. The summed E-state index contributed by atoms with van der Waals surface area (Å²) in [5.74, 6) is -3.51. The zero-order chi connectivity index (χ0) is 26.2. The van der Waals surface area contributed by atoms with Crippen molar-refractivity contribution in [3.63, 3.8) is 0 Å². The average molecular weight is 519 g/mol. The van der Waals surface area contributed by atoms with E-state index in [4.69, 9.17) is 18.9 Å². The minimum absolute atomic E-state index is 0.135. The Morgan fingerprint density at radius 3 is 2.46 bits per heavy atom. The van der Waals surface area contributed by atoms with Gasteiger partial charge in [0.15, 0.2) is 11.4 Å². The van der Waals surface area contributed by atoms with E-state index in [0.29, 0.717) is 12.8 Å².